The molecule has 0 bridgehead atoms. The second kappa shape index (κ2) is 7.36. The smallest absolute Gasteiger partial charge is 0.416 e. The Hall–Kier alpha value is -2.55. The van der Waals surface area contributed by atoms with E-state index in [2.05, 4.69) is 5.16 Å². The van der Waals surface area contributed by atoms with Crippen LogP contribution in [0.2, 0.25) is 0 Å². The highest BCUT2D eigenvalue weighted by atomic mass is 19.4. The van der Waals surface area contributed by atoms with Crippen molar-refractivity contribution in [1.82, 2.24) is 5.16 Å². The van der Waals surface area contributed by atoms with E-state index in [1.165, 1.54) is 18.1 Å². The lowest BCUT2D eigenvalue weighted by Gasteiger charge is -2.17. The van der Waals surface area contributed by atoms with E-state index in [4.69, 9.17) is 14.0 Å². The Morgan fingerprint density at radius 3 is 2.96 bits per heavy atom. The zero-order valence-electron chi connectivity index (χ0n) is 14.0. The second-order valence-electron chi connectivity index (χ2n) is 5.87. The van der Waals surface area contributed by atoms with Crippen molar-refractivity contribution in [3.8, 4) is 0 Å². The maximum Gasteiger partial charge on any atom is 0.416 e. The number of anilines is 1. The monoisotopic (exact) mass is 370 g/mol. The highest BCUT2D eigenvalue weighted by Gasteiger charge is 2.37. The zero-order valence-corrected chi connectivity index (χ0v) is 14.0. The standard InChI is InChI=1S/C17H17F3N2O4/c1-24-9-12-10-25-16(23)22(12)15-13-6-5-11(8-14(13)26-21-15)4-2-3-7-17(18,19)20/h2,4-6,8,12H,3,7,9-10H2,1H3/t12-/m1/s1. The Bertz CT molecular complexity index is 816. The third-order valence-corrected chi connectivity index (χ3v) is 3.93. The first kappa shape index (κ1) is 18.2. The van der Waals surface area contributed by atoms with Crippen molar-refractivity contribution in [1.29, 1.82) is 0 Å². The molecule has 140 valence electrons. The van der Waals surface area contributed by atoms with Crippen molar-refractivity contribution in [2.24, 2.45) is 0 Å². The molecule has 3 rings (SSSR count). The van der Waals surface area contributed by atoms with Crippen molar-refractivity contribution in [3.05, 3.63) is 29.8 Å². The fourth-order valence-electron chi connectivity index (χ4n) is 2.72. The van der Waals surface area contributed by atoms with Gasteiger partial charge < -0.3 is 14.0 Å². The van der Waals surface area contributed by atoms with Gasteiger partial charge in [-0.15, -0.1) is 0 Å². The molecular weight excluding hydrogens is 353 g/mol. The van der Waals surface area contributed by atoms with Crippen molar-refractivity contribution in [2.75, 3.05) is 25.2 Å². The number of alkyl halides is 3. The van der Waals surface area contributed by atoms with Gasteiger partial charge >= 0.3 is 12.3 Å². The van der Waals surface area contributed by atoms with Gasteiger partial charge in [0.2, 0.25) is 0 Å². The summed E-state index contributed by atoms with van der Waals surface area (Å²) in [6.07, 6.45) is -2.61. The number of methoxy groups -OCH3 is 1. The average molecular weight is 370 g/mol. The number of amides is 1. The fraction of sp³-hybridized carbons (Fsp3) is 0.412. The number of hydrogen-bond acceptors (Lipinski definition) is 5. The third kappa shape index (κ3) is 3.98. The first-order valence-corrected chi connectivity index (χ1v) is 7.96. The lowest BCUT2D eigenvalue weighted by Crippen LogP contribution is -2.37. The number of carbonyl (C=O) groups excluding carboxylic acids is 1. The molecule has 1 atom stereocenters. The van der Waals surface area contributed by atoms with Crippen LogP contribution in [0.1, 0.15) is 18.4 Å². The van der Waals surface area contributed by atoms with Gasteiger partial charge in [0.1, 0.15) is 6.61 Å². The van der Waals surface area contributed by atoms with E-state index in [-0.39, 0.29) is 19.1 Å². The van der Waals surface area contributed by atoms with E-state index in [9.17, 15) is 18.0 Å². The van der Waals surface area contributed by atoms with Crippen LogP contribution in [-0.2, 0) is 9.47 Å². The van der Waals surface area contributed by atoms with Crippen molar-refractivity contribution < 1.29 is 32.0 Å². The SMILES string of the molecule is COC[C@@H]1COC(=O)N1c1noc2cc(C=CCCC(F)(F)F)ccc12. The summed E-state index contributed by atoms with van der Waals surface area (Å²) in [5, 5.41) is 4.56. The van der Waals surface area contributed by atoms with E-state index >= 15 is 0 Å². The molecule has 1 aliphatic rings. The lowest BCUT2D eigenvalue weighted by molar-refractivity contribution is -0.133. The number of allylic oxidation sites excluding steroid dienone is 1. The van der Waals surface area contributed by atoms with Crippen LogP contribution >= 0.6 is 0 Å². The van der Waals surface area contributed by atoms with Crippen LogP contribution in [-0.4, -0.2) is 43.8 Å². The quantitative estimate of drug-likeness (QED) is 0.764. The minimum Gasteiger partial charge on any atom is -0.447 e. The Labute approximate surface area is 147 Å². The van der Waals surface area contributed by atoms with Gasteiger partial charge in [0.15, 0.2) is 11.4 Å². The maximum atomic E-state index is 12.2. The molecule has 2 aromatic rings. The Morgan fingerprint density at radius 1 is 1.42 bits per heavy atom. The lowest BCUT2D eigenvalue weighted by atomic mass is 10.1. The number of cyclic esters (lactones) is 1. The largest absolute Gasteiger partial charge is 0.447 e. The molecule has 9 heteroatoms. The van der Waals surface area contributed by atoms with Crippen LogP contribution in [0.25, 0.3) is 17.0 Å². The Balaban J connectivity index is 1.79. The minimum atomic E-state index is -4.17. The van der Waals surface area contributed by atoms with Crippen LogP contribution in [0.15, 0.2) is 28.8 Å². The van der Waals surface area contributed by atoms with Crippen LogP contribution in [0.4, 0.5) is 23.8 Å². The van der Waals surface area contributed by atoms with E-state index in [1.807, 2.05) is 0 Å². The average Bonchev–Trinajstić information content (AvgIpc) is 3.14. The predicted molar refractivity (Wildman–Crippen MR) is 87.8 cm³/mol. The summed E-state index contributed by atoms with van der Waals surface area (Å²) in [6, 6.07) is 4.78. The molecule has 1 aromatic carbocycles. The molecule has 2 heterocycles. The van der Waals surface area contributed by atoms with Gasteiger partial charge in [0.05, 0.1) is 18.0 Å². The van der Waals surface area contributed by atoms with Gasteiger partial charge in [-0.25, -0.2) is 9.69 Å². The van der Waals surface area contributed by atoms with Crippen LogP contribution in [0, 0.1) is 0 Å². The van der Waals surface area contributed by atoms with E-state index in [0.29, 0.717) is 29.0 Å². The fourth-order valence-corrected chi connectivity index (χ4v) is 2.72. The molecule has 0 N–H and O–H groups in total. The molecule has 1 fully saturated rings. The number of hydrogen-bond donors (Lipinski definition) is 0. The van der Waals surface area contributed by atoms with Crippen molar-refractivity contribution in [2.45, 2.75) is 25.1 Å². The molecule has 1 aliphatic heterocycles. The van der Waals surface area contributed by atoms with Crippen LogP contribution in [0.3, 0.4) is 0 Å². The van der Waals surface area contributed by atoms with Gasteiger partial charge in [-0.05, 0) is 24.1 Å². The molecule has 0 saturated carbocycles. The van der Waals surface area contributed by atoms with E-state index < -0.39 is 18.7 Å². The van der Waals surface area contributed by atoms with E-state index in [1.54, 1.807) is 24.3 Å². The normalized spacial score (nSPS) is 18.2. The number of nitrogens with zero attached hydrogens (tertiary/aromatic N) is 2. The van der Waals surface area contributed by atoms with Gasteiger partial charge in [-0.3, -0.25) is 0 Å². The molecule has 0 radical (unpaired) electrons. The number of aromatic nitrogens is 1. The molecule has 26 heavy (non-hydrogen) atoms. The molecule has 0 spiro atoms. The summed E-state index contributed by atoms with van der Waals surface area (Å²) in [6.45, 7) is 0.487. The van der Waals surface area contributed by atoms with Gasteiger partial charge in [0, 0.05) is 13.5 Å². The van der Waals surface area contributed by atoms with Gasteiger partial charge in [0.25, 0.3) is 0 Å². The first-order valence-electron chi connectivity index (χ1n) is 7.96. The first-order chi connectivity index (χ1) is 12.4. The number of benzene rings is 1. The molecule has 6 nitrogen and oxygen atoms in total. The summed E-state index contributed by atoms with van der Waals surface area (Å²) in [7, 11) is 1.53. The third-order valence-electron chi connectivity index (χ3n) is 3.93. The molecule has 1 aromatic heterocycles. The topological polar surface area (TPSA) is 64.8 Å². The highest BCUT2D eigenvalue weighted by molar-refractivity contribution is 5.99. The predicted octanol–water partition coefficient (Wildman–Crippen LogP) is 4.16. The maximum absolute atomic E-state index is 12.2. The number of carbonyl (C=O) groups is 1. The van der Waals surface area contributed by atoms with Gasteiger partial charge in [-0.1, -0.05) is 23.4 Å². The molecule has 0 unspecified atom stereocenters. The summed E-state index contributed by atoms with van der Waals surface area (Å²) in [5.41, 5.74) is 1.11. The summed E-state index contributed by atoms with van der Waals surface area (Å²) < 4.78 is 51.9. The minimum absolute atomic E-state index is 0.0957. The van der Waals surface area contributed by atoms with E-state index in [0.717, 1.165) is 0 Å². The number of rotatable bonds is 6. The van der Waals surface area contributed by atoms with Crippen LogP contribution in [0.5, 0.6) is 0 Å². The summed E-state index contributed by atoms with van der Waals surface area (Å²) >= 11 is 0. The zero-order chi connectivity index (χ0) is 18.7. The molecule has 1 amide bonds. The second-order valence-corrected chi connectivity index (χ2v) is 5.87. The van der Waals surface area contributed by atoms with Crippen molar-refractivity contribution in [3.63, 3.8) is 0 Å². The van der Waals surface area contributed by atoms with Crippen molar-refractivity contribution >= 4 is 29.0 Å². The highest BCUT2D eigenvalue weighted by Crippen LogP contribution is 2.31. The Kier molecular flexibility index (Phi) is 5.17. The number of fused-ring (bicyclic) bond motifs is 1. The van der Waals surface area contributed by atoms with Gasteiger partial charge in [-0.2, -0.15) is 13.2 Å². The number of halogens is 3. The summed E-state index contributed by atoms with van der Waals surface area (Å²) in [5.74, 6) is 0.331. The summed E-state index contributed by atoms with van der Waals surface area (Å²) in [4.78, 5) is 13.4. The van der Waals surface area contributed by atoms with Crippen LogP contribution < -0.4 is 4.90 Å². The Morgan fingerprint density at radius 2 is 2.23 bits per heavy atom. The molecule has 0 aliphatic carbocycles. The molecular formula is C17H17F3N2O4. The molecule has 1 saturated heterocycles. The number of ether oxygens (including phenoxy) is 2.